The molecule has 134 valence electrons. The first kappa shape index (κ1) is 17.6. The van der Waals surface area contributed by atoms with Gasteiger partial charge in [0.05, 0.1) is 25.2 Å². The van der Waals surface area contributed by atoms with Crippen molar-refractivity contribution in [2.24, 2.45) is 0 Å². The molecule has 2 aromatic rings. The molecule has 1 saturated heterocycles. The van der Waals surface area contributed by atoms with Crippen LogP contribution in [0.3, 0.4) is 0 Å². The van der Waals surface area contributed by atoms with Gasteiger partial charge in [0.15, 0.2) is 0 Å². The standard InChI is InChI=1S/C16H20N4O4S/c1-25(22,23)20-5-6-24-15(11-20)10-17-16(21)13-4-2-3-12(7-13)14-8-18-19-9-14/h2-4,7-9,15H,5-6,10-11H2,1H3,(H,17,21)(H,18,19)/t15-/m1/s1. The summed E-state index contributed by atoms with van der Waals surface area (Å²) in [4.78, 5) is 12.4. The summed E-state index contributed by atoms with van der Waals surface area (Å²) >= 11 is 0. The van der Waals surface area contributed by atoms with Gasteiger partial charge in [-0.25, -0.2) is 8.42 Å². The molecule has 25 heavy (non-hydrogen) atoms. The Kier molecular flexibility index (Phi) is 5.16. The number of nitrogens with zero attached hydrogens (tertiary/aromatic N) is 2. The van der Waals surface area contributed by atoms with Crippen molar-refractivity contribution in [2.45, 2.75) is 6.10 Å². The number of carbonyl (C=O) groups excluding carboxylic acids is 1. The molecule has 0 bridgehead atoms. The van der Waals surface area contributed by atoms with Crippen LogP contribution in [0.2, 0.25) is 0 Å². The molecule has 1 amide bonds. The number of morpholine rings is 1. The lowest BCUT2D eigenvalue weighted by molar-refractivity contribution is 0.000438. The lowest BCUT2D eigenvalue weighted by Crippen LogP contribution is -2.49. The monoisotopic (exact) mass is 364 g/mol. The third kappa shape index (κ3) is 4.44. The average molecular weight is 364 g/mol. The predicted molar refractivity (Wildman–Crippen MR) is 92.5 cm³/mol. The number of H-pyrrole nitrogens is 1. The molecule has 1 atom stereocenters. The van der Waals surface area contributed by atoms with E-state index in [0.29, 0.717) is 18.7 Å². The second-order valence-electron chi connectivity index (χ2n) is 5.89. The number of aromatic amines is 1. The number of ether oxygens (including phenoxy) is 1. The van der Waals surface area contributed by atoms with Crippen LogP contribution in [0.25, 0.3) is 11.1 Å². The third-order valence-electron chi connectivity index (χ3n) is 4.02. The molecule has 1 aromatic carbocycles. The largest absolute Gasteiger partial charge is 0.374 e. The topological polar surface area (TPSA) is 104 Å². The van der Waals surface area contributed by atoms with Crippen LogP contribution in [0.4, 0.5) is 0 Å². The maximum Gasteiger partial charge on any atom is 0.251 e. The maximum absolute atomic E-state index is 12.4. The van der Waals surface area contributed by atoms with Crippen LogP contribution in [0.15, 0.2) is 36.7 Å². The zero-order valence-electron chi connectivity index (χ0n) is 13.8. The summed E-state index contributed by atoms with van der Waals surface area (Å²) in [7, 11) is -3.25. The molecule has 1 aliphatic heterocycles. The van der Waals surface area contributed by atoms with Crippen molar-refractivity contribution in [3.05, 3.63) is 42.2 Å². The van der Waals surface area contributed by atoms with Crippen molar-refractivity contribution in [2.75, 3.05) is 32.5 Å². The van der Waals surface area contributed by atoms with Crippen molar-refractivity contribution >= 4 is 15.9 Å². The molecule has 0 saturated carbocycles. The molecule has 1 fully saturated rings. The number of amides is 1. The van der Waals surface area contributed by atoms with E-state index in [1.54, 1.807) is 30.6 Å². The van der Waals surface area contributed by atoms with Crippen LogP contribution >= 0.6 is 0 Å². The van der Waals surface area contributed by atoms with Gasteiger partial charge in [-0.1, -0.05) is 12.1 Å². The fourth-order valence-corrected chi connectivity index (χ4v) is 3.52. The summed E-state index contributed by atoms with van der Waals surface area (Å²) in [5, 5.41) is 9.45. The minimum absolute atomic E-state index is 0.231. The van der Waals surface area contributed by atoms with Gasteiger partial charge >= 0.3 is 0 Å². The predicted octanol–water partition coefficient (Wildman–Crippen LogP) is 0.467. The minimum Gasteiger partial charge on any atom is -0.374 e. The van der Waals surface area contributed by atoms with E-state index in [4.69, 9.17) is 4.74 Å². The molecule has 0 unspecified atom stereocenters. The summed E-state index contributed by atoms with van der Waals surface area (Å²) in [5.41, 5.74) is 2.31. The van der Waals surface area contributed by atoms with Gasteiger partial charge in [0.1, 0.15) is 0 Å². The number of rotatable bonds is 5. The summed E-state index contributed by atoms with van der Waals surface area (Å²) in [5.74, 6) is -0.231. The average Bonchev–Trinajstić information content (AvgIpc) is 3.14. The van der Waals surface area contributed by atoms with Crippen LogP contribution in [-0.4, -0.2) is 67.4 Å². The van der Waals surface area contributed by atoms with Crippen molar-refractivity contribution < 1.29 is 17.9 Å². The van der Waals surface area contributed by atoms with Gasteiger partial charge in [0, 0.05) is 37.0 Å². The van der Waals surface area contributed by atoms with Crippen molar-refractivity contribution in [3.63, 3.8) is 0 Å². The first-order valence-corrected chi connectivity index (χ1v) is 9.72. The molecule has 0 spiro atoms. The molecule has 1 aliphatic rings. The number of carbonyl (C=O) groups is 1. The molecule has 8 nitrogen and oxygen atoms in total. The first-order valence-electron chi connectivity index (χ1n) is 7.87. The van der Waals surface area contributed by atoms with Crippen molar-refractivity contribution in [1.82, 2.24) is 19.8 Å². The zero-order chi connectivity index (χ0) is 17.9. The fraction of sp³-hybridized carbons (Fsp3) is 0.375. The van der Waals surface area contributed by atoms with Crippen LogP contribution in [0.5, 0.6) is 0 Å². The van der Waals surface area contributed by atoms with Crippen LogP contribution in [0.1, 0.15) is 10.4 Å². The van der Waals surface area contributed by atoms with E-state index in [1.165, 1.54) is 10.6 Å². The van der Waals surface area contributed by atoms with E-state index in [1.807, 2.05) is 6.07 Å². The van der Waals surface area contributed by atoms with Gasteiger partial charge in [0.2, 0.25) is 10.0 Å². The van der Waals surface area contributed by atoms with Crippen LogP contribution < -0.4 is 5.32 Å². The summed E-state index contributed by atoms with van der Waals surface area (Å²) in [6.45, 7) is 1.16. The second kappa shape index (κ2) is 7.34. The Bertz CT molecular complexity index is 836. The number of nitrogens with one attached hydrogen (secondary N) is 2. The van der Waals surface area contributed by atoms with E-state index >= 15 is 0 Å². The number of hydrogen-bond acceptors (Lipinski definition) is 5. The number of benzene rings is 1. The Morgan fingerprint density at radius 1 is 1.44 bits per heavy atom. The Labute approximate surface area is 146 Å². The van der Waals surface area contributed by atoms with Crippen LogP contribution in [-0.2, 0) is 14.8 Å². The van der Waals surface area contributed by atoms with E-state index in [9.17, 15) is 13.2 Å². The first-order chi connectivity index (χ1) is 11.9. The number of hydrogen-bond donors (Lipinski definition) is 2. The molecule has 2 N–H and O–H groups in total. The van der Waals surface area contributed by atoms with E-state index in [0.717, 1.165) is 11.1 Å². The lowest BCUT2D eigenvalue weighted by atomic mass is 10.1. The van der Waals surface area contributed by atoms with Gasteiger partial charge in [-0.15, -0.1) is 0 Å². The Hall–Kier alpha value is -2.23. The fourth-order valence-electron chi connectivity index (χ4n) is 2.67. The highest BCUT2D eigenvalue weighted by Crippen LogP contribution is 2.18. The highest BCUT2D eigenvalue weighted by molar-refractivity contribution is 7.88. The van der Waals surface area contributed by atoms with Gasteiger partial charge in [0.25, 0.3) is 5.91 Å². The molecular formula is C16H20N4O4S. The normalized spacial score (nSPS) is 18.8. The number of sulfonamides is 1. The van der Waals surface area contributed by atoms with Crippen molar-refractivity contribution in [1.29, 1.82) is 0 Å². The smallest absolute Gasteiger partial charge is 0.251 e. The number of aromatic nitrogens is 2. The van der Waals surface area contributed by atoms with Gasteiger partial charge in [-0.3, -0.25) is 9.89 Å². The summed E-state index contributed by atoms with van der Waals surface area (Å²) < 4.78 is 30.1. The quantitative estimate of drug-likeness (QED) is 0.802. The maximum atomic E-state index is 12.4. The molecule has 1 aromatic heterocycles. The molecular weight excluding hydrogens is 344 g/mol. The molecule has 9 heteroatoms. The highest BCUT2D eigenvalue weighted by Gasteiger charge is 2.26. The Morgan fingerprint density at radius 2 is 2.28 bits per heavy atom. The van der Waals surface area contributed by atoms with E-state index < -0.39 is 10.0 Å². The molecule has 0 radical (unpaired) electrons. The van der Waals surface area contributed by atoms with E-state index in [2.05, 4.69) is 15.5 Å². The van der Waals surface area contributed by atoms with Gasteiger partial charge in [-0.05, 0) is 17.7 Å². The third-order valence-corrected chi connectivity index (χ3v) is 5.29. The summed E-state index contributed by atoms with van der Waals surface area (Å²) in [6, 6.07) is 7.21. The molecule has 3 rings (SSSR count). The molecule has 0 aliphatic carbocycles. The van der Waals surface area contributed by atoms with E-state index in [-0.39, 0.29) is 25.1 Å². The Balaban J connectivity index is 1.60. The Morgan fingerprint density at radius 3 is 3.00 bits per heavy atom. The lowest BCUT2D eigenvalue weighted by Gasteiger charge is -2.31. The van der Waals surface area contributed by atoms with Crippen LogP contribution in [0, 0.1) is 0 Å². The van der Waals surface area contributed by atoms with Gasteiger partial charge < -0.3 is 10.1 Å². The molecule has 2 heterocycles. The SMILES string of the molecule is CS(=O)(=O)N1CCO[C@H](CNC(=O)c2cccc(-c3cn[nH]c3)c2)C1. The van der Waals surface area contributed by atoms with Gasteiger partial charge in [-0.2, -0.15) is 9.40 Å². The minimum atomic E-state index is -3.25. The zero-order valence-corrected chi connectivity index (χ0v) is 14.6. The summed E-state index contributed by atoms with van der Waals surface area (Å²) in [6.07, 6.45) is 4.26. The second-order valence-corrected chi connectivity index (χ2v) is 7.87. The van der Waals surface area contributed by atoms with Crippen molar-refractivity contribution in [3.8, 4) is 11.1 Å². The highest BCUT2D eigenvalue weighted by atomic mass is 32.2.